The van der Waals surface area contributed by atoms with Crippen molar-refractivity contribution in [1.29, 1.82) is 0 Å². The van der Waals surface area contributed by atoms with Crippen molar-refractivity contribution in [1.82, 2.24) is 0 Å². The van der Waals surface area contributed by atoms with Crippen molar-refractivity contribution in [2.45, 2.75) is 31.5 Å². The molecule has 1 nitrogen and oxygen atoms in total. The fraction of sp³-hybridized carbons (Fsp3) is 0.294. The van der Waals surface area contributed by atoms with E-state index in [1.807, 2.05) is 24.3 Å². The molecule has 0 atom stereocenters. The van der Waals surface area contributed by atoms with Gasteiger partial charge in [0.1, 0.15) is 11.5 Å². The molecule has 0 N–H and O–H groups in total. The van der Waals surface area contributed by atoms with Crippen LogP contribution in [-0.4, -0.2) is 0 Å². The Labute approximate surface area is 137 Å². The zero-order valence-electron chi connectivity index (χ0n) is 11.5. The van der Waals surface area contributed by atoms with E-state index in [0.29, 0.717) is 0 Å². The minimum atomic E-state index is 0.782. The van der Waals surface area contributed by atoms with E-state index < -0.39 is 0 Å². The van der Waals surface area contributed by atoms with Crippen molar-refractivity contribution in [2.24, 2.45) is 0 Å². The highest BCUT2D eigenvalue weighted by atomic mass is 79.9. The zero-order valence-corrected chi connectivity index (χ0v) is 14.7. The van der Waals surface area contributed by atoms with Crippen LogP contribution in [-0.2, 0) is 11.8 Å². The molecule has 106 valence electrons. The SMILES string of the molecule is CCCCc1ccc(Oc2cc(Br)ccc2CBr)cc1. The lowest BCUT2D eigenvalue weighted by Crippen LogP contribution is -1.90. The van der Waals surface area contributed by atoms with Gasteiger partial charge in [-0.05, 0) is 42.7 Å². The maximum atomic E-state index is 5.98. The summed E-state index contributed by atoms with van der Waals surface area (Å²) in [5.74, 6) is 1.77. The molecular weight excluding hydrogens is 380 g/mol. The molecule has 0 bridgehead atoms. The van der Waals surface area contributed by atoms with Gasteiger partial charge in [-0.15, -0.1) is 0 Å². The average molecular weight is 398 g/mol. The first-order valence-corrected chi connectivity index (χ1v) is 8.75. The van der Waals surface area contributed by atoms with E-state index in [1.165, 1.54) is 18.4 Å². The molecule has 0 unspecified atom stereocenters. The molecule has 0 aliphatic carbocycles. The van der Waals surface area contributed by atoms with E-state index in [-0.39, 0.29) is 0 Å². The largest absolute Gasteiger partial charge is 0.457 e. The summed E-state index contributed by atoms with van der Waals surface area (Å²) in [6, 6.07) is 14.5. The number of aryl methyl sites for hydroxylation is 1. The quantitative estimate of drug-likeness (QED) is 0.507. The van der Waals surface area contributed by atoms with Crippen LogP contribution < -0.4 is 4.74 Å². The molecule has 2 aromatic rings. The van der Waals surface area contributed by atoms with Crippen LogP contribution in [0.25, 0.3) is 0 Å². The minimum absolute atomic E-state index is 0.782. The van der Waals surface area contributed by atoms with Gasteiger partial charge in [-0.2, -0.15) is 0 Å². The molecule has 0 spiro atoms. The van der Waals surface area contributed by atoms with Gasteiger partial charge in [0, 0.05) is 15.4 Å². The van der Waals surface area contributed by atoms with Crippen molar-refractivity contribution in [2.75, 3.05) is 0 Å². The number of unbranched alkanes of at least 4 members (excludes halogenated alkanes) is 1. The first-order valence-electron chi connectivity index (χ1n) is 6.84. The zero-order chi connectivity index (χ0) is 14.4. The Kier molecular flexibility index (Phi) is 6.11. The lowest BCUT2D eigenvalue weighted by Gasteiger charge is -2.11. The highest BCUT2D eigenvalue weighted by Crippen LogP contribution is 2.30. The Morgan fingerprint density at radius 2 is 1.80 bits per heavy atom. The van der Waals surface area contributed by atoms with E-state index in [1.54, 1.807) is 0 Å². The molecule has 0 saturated carbocycles. The van der Waals surface area contributed by atoms with E-state index in [4.69, 9.17) is 4.74 Å². The van der Waals surface area contributed by atoms with Crippen LogP contribution in [0.1, 0.15) is 30.9 Å². The smallest absolute Gasteiger partial charge is 0.132 e. The molecule has 0 amide bonds. The van der Waals surface area contributed by atoms with Gasteiger partial charge in [0.15, 0.2) is 0 Å². The van der Waals surface area contributed by atoms with Gasteiger partial charge in [0.25, 0.3) is 0 Å². The Morgan fingerprint density at radius 3 is 2.45 bits per heavy atom. The number of benzene rings is 2. The molecule has 0 aromatic heterocycles. The molecule has 20 heavy (non-hydrogen) atoms. The molecule has 2 rings (SSSR count). The molecule has 2 aromatic carbocycles. The van der Waals surface area contributed by atoms with Gasteiger partial charge in [-0.1, -0.05) is 63.4 Å². The number of hydrogen-bond acceptors (Lipinski definition) is 1. The van der Waals surface area contributed by atoms with Gasteiger partial charge in [0.2, 0.25) is 0 Å². The Morgan fingerprint density at radius 1 is 1.05 bits per heavy atom. The molecule has 0 aliphatic heterocycles. The van der Waals surface area contributed by atoms with Crippen molar-refractivity contribution in [3.8, 4) is 11.5 Å². The predicted octanol–water partition coefficient (Wildman–Crippen LogP) is 6.48. The standard InChI is InChI=1S/C17H18Br2O/c1-2-3-4-13-5-9-16(10-6-13)20-17-11-15(19)8-7-14(17)12-18/h5-11H,2-4,12H2,1H3. The van der Waals surface area contributed by atoms with Gasteiger partial charge < -0.3 is 4.74 Å². The van der Waals surface area contributed by atoms with Gasteiger partial charge in [-0.3, -0.25) is 0 Å². The second-order valence-corrected chi connectivity index (χ2v) is 6.21. The number of rotatable bonds is 6. The normalized spacial score (nSPS) is 10.6. The van der Waals surface area contributed by atoms with Crippen LogP contribution in [0.4, 0.5) is 0 Å². The predicted molar refractivity (Wildman–Crippen MR) is 91.9 cm³/mol. The van der Waals surface area contributed by atoms with Gasteiger partial charge >= 0.3 is 0 Å². The van der Waals surface area contributed by atoms with Crippen LogP contribution in [0.15, 0.2) is 46.9 Å². The monoisotopic (exact) mass is 396 g/mol. The highest BCUT2D eigenvalue weighted by molar-refractivity contribution is 9.10. The third-order valence-corrected chi connectivity index (χ3v) is 4.24. The first-order chi connectivity index (χ1) is 9.72. The third-order valence-electron chi connectivity index (χ3n) is 3.14. The summed E-state index contributed by atoms with van der Waals surface area (Å²) in [5, 5.41) is 0.782. The summed E-state index contributed by atoms with van der Waals surface area (Å²) in [4.78, 5) is 0. The number of ether oxygens (including phenoxy) is 1. The molecule has 0 aliphatic rings. The number of hydrogen-bond donors (Lipinski definition) is 0. The Hall–Kier alpha value is -0.800. The van der Waals surface area contributed by atoms with Crippen molar-refractivity contribution in [3.05, 3.63) is 58.1 Å². The summed E-state index contributed by atoms with van der Waals surface area (Å²) >= 11 is 6.97. The maximum absolute atomic E-state index is 5.98. The van der Waals surface area contributed by atoms with Crippen LogP contribution in [0.3, 0.4) is 0 Å². The minimum Gasteiger partial charge on any atom is -0.457 e. The summed E-state index contributed by atoms with van der Waals surface area (Å²) in [6.07, 6.45) is 3.60. The summed E-state index contributed by atoms with van der Waals surface area (Å²) in [7, 11) is 0. The van der Waals surface area contributed by atoms with E-state index in [2.05, 4.69) is 57.0 Å². The lowest BCUT2D eigenvalue weighted by molar-refractivity contribution is 0.478. The summed E-state index contributed by atoms with van der Waals surface area (Å²) in [5.41, 5.74) is 2.51. The van der Waals surface area contributed by atoms with Crippen molar-refractivity contribution < 1.29 is 4.74 Å². The molecule has 0 saturated heterocycles. The van der Waals surface area contributed by atoms with Crippen LogP contribution in [0.2, 0.25) is 0 Å². The Bertz CT molecular complexity index is 549. The van der Waals surface area contributed by atoms with Crippen LogP contribution >= 0.6 is 31.9 Å². The third kappa shape index (κ3) is 4.35. The maximum Gasteiger partial charge on any atom is 0.132 e. The topological polar surface area (TPSA) is 9.23 Å². The fourth-order valence-electron chi connectivity index (χ4n) is 1.97. The molecule has 0 heterocycles. The number of alkyl halides is 1. The molecular formula is C17H18Br2O. The highest BCUT2D eigenvalue weighted by Gasteiger charge is 2.05. The van der Waals surface area contributed by atoms with Crippen LogP contribution in [0.5, 0.6) is 11.5 Å². The van der Waals surface area contributed by atoms with Gasteiger partial charge in [-0.25, -0.2) is 0 Å². The molecule has 3 heteroatoms. The van der Waals surface area contributed by atoms with E-state index in [9.17, 15) is 0 Å². The number of halogens is 2. The van der Waals surface area contributed by atoms with Crippen molar-refractivity contribution >= 4 is 31.9 Å². The second-order valence-electron chi connectivity index (χ2n) is 4.74. The summed E-state index contributed by atoms with van der Waals surface area (Å²) in [6.45, 7) is 2.21. The van der Waals surface area contributed by atoms with E-state index in [0.717, 1.165) is 33.3 Å². The van der Waals surface area contributed by atoms with Crippen molar-refractivity contribution in [3.63, 3.8) is 0 Å². The van der Waals surface area contributed by atoms with E-state index >= 15 is 0 Å². The fourth-order valence-corrected chi connectivity index (χ4v) is 2.77. The van der Waals surface area contributed by atoms with Crippen LogP contribution in [0, 0.1) is 0 Å². The summed E-state index contributed by atoms with van der Waals surface area (Å²) < 4.78 is 7.01. The Balaban J connectivity index is 2.11. The van der Waals surface area contributed by atoms with Gasteiger partial charge in [0.05, 0.1) is 0 Å². The average Bonchev–Trinajstić information content (AvgIpc) is 2.47. The first kappa shape index (κ1) is 15.6. The lowest BCUT2D eigenvalue weighted by atomic mass is 10.1. The second kappa shape index (κ2) is 7.84. The molecule has 0 radical (unpaired) electrons. The molecule has 0 fully saturated rings.